The molecule has 1 aliphatic carbocycles. The average molecular weight is 262 g/mol. The molecule has 2 aliphatic rings. The monoisotopic (exact) mass is 262 g/mol. The van der Waals surface area contributed by atoms with Gasteiger partial charge in [-0.3, -0.25) is 4.79 Å². The highest BCUT2D eigenvalue weighted by atomic mass is 16.4. The molecule has 0 spiro atoms. The van der Waals surface area contributed by atoms with E-state index in [4.69, 9.17) is 5.11 Å². The first-order valence-corrected chi connectivity index (χ1v) is 6.79. The van der Waals surface area contributed by atoms with Crippen molar-refractivity contribution in [2.24, 2.45) is 5.92 Å². The Hall–Kier alpha value is -1.85. The summed E-state index contributed by atoms with van der Waals surface area (Å²) in [7, 11) is 0. The standard InChI is InChI=1S/C13H18N4O2/c18-13(19)9-3-5-17(6-4-9)12-8-14-11(7-15-12)16-10-1-2-10/h7-10H,1-6H2,(H,14,16)(H,18,19). The lowest BCUT2D eigenvalue weighted by atomic mass is 9.97. The molecule has 0 atom stereocenters. The largest absolute Gasteiger partial charge is 0.481 e. The molecule has 0 amide bonds. The quantitative estimate of drug-likeness (QED) is 0.853. The van der Waals surface area contributed by atoms with Gasteiger partial charge in [0.1, 0.15) is 11.6 Å². The third-order valence-corrected chi connectivity index (χ3v) is 3.74. The molecule has 1 aromatic heterocycles. The van der Waals surface area contributed by atoms with Crippen molar-refractivity contribution in [3.8, 4) is 0 Å². The number of nitrogens with one attached hydrogen (secondary N) is 1. The summed E-state index contributed by atoms with van der Waals surface area (Å²) in [5.41, 5.74) is 0. The highest BCUT2D eigenvalue weighted by molar-refractivity contribution is 5.70. The van der Waals surface area contributed by atoms with Gasteiger partial charge in [0, 0.05) is 19.1 Å². The first-order valence-electron chi connectivity index (χ1n) is 6.79. The van der Waals surface area contributed by atoms with E-state index in [-0.39, 0.29) is 5.92 Å². The van der Waals surface area contributed by atoms with E-state index in [9.17, 15) is 4.79 Å². The number of hydrogen-bond acceptors (Lipinski definition) is 5. The minimum absolute atomic E-state index is 0.208. The predicted octanol–water partition coefficient (Wildman–Crippen LogP) is 1.35. The van der Waals surface area contributed by atoms with Crippen molar-refractivity contribution >= 4 is 17.6 Å². The number of piperidine rings is 1. The molecule has 0 aromatic carbocycles. The van der Waals surface area contributed by atoms with Gasteiger partial charge >= 0.3 is 5.97 Å². The summed E-state index contributed by atoms with van der Waals surface area (Å²) in [6, 6.07) is 0.575. The summed E-state index contributed by atoms with van der Waals surface area (Å²) in [5, 5.41) is 12.3. The lowest BCUT2D eigenvalue weighted by Crippen LogP contribution is -2.36. The molecule has 1 aromatic rings. The maximum absolute atomic E-state index is 10.9. The molecular formula is C13H18N4O2. The van der Waals surface area contributed by atoms with Crippen LogP contribution in [0.2, 0.25) is 0 Å². The maximum atomic E-state index is 10.9. The van der Waals surface area contributed by atoms with Crippen molar-refractivity contribution in [3.05, 3.63) is 12.4 Å². The molecule has 1 saturated heterocycles. The lowest BCUT2D eigenvalue weighted by molar-refractivity contribution is -0.142. The molecule has 6 nitrogen and oxygen atoms in total. The second-order valence-electron chi connectivity index (χ2n) is 5.28. The summed E-state index contributed by atoms with van der Waals surface area (Å²) in [5.74, 6) is 0.770. The van der Waals surface area contributed by atoms with Crippen LogP contribution in [0.4, 0.5) is 11.6 Å². The smallest absolute Gasteiger partial charge is 0.306 e. The van der Waals surface area contributed by atoms with Crippen molar-refractivity contribution in [2.75, 3.05) is 23.3 Å². The molecule has 2 N–H and O–H groups in total. The van der Waals surface area contributed by atoms with Gasteiger partial charge in [0.05, 0.1) is 18.3 Å². The molecular weight excluding hydrogens is 244 g/mol. The van der Waals surface area contributed by atoms with Crippen LogP contribution in [-0.2, 0) is 4.79 Å². The molecule has 6 heteroatoms. The Kier molecular flexibility index (Phi) is 3.23. The highest BCUT2D eigenvalue weighted by Crippen LogP contribution is 2.25. The number of aliphatic carboxylic acids is 1. The molecule has 1 aliphatic heterocycles. The molecule has 2 heterocycles. The third-order valence-electron chi connectivity index (χ3n) is 3.74. The summed E-state index contributed by atoms with van der Waals surface area (Å²) in [6.45, 7) is 1.47. The summed E-state index contributed by atoms with van der Waals surface area (Å²) >= 11 is 0. The predicted molar refractivity (Wildman–Crippen MR) is 71.2 cm³/mol. The van der Waals surface area contributed by atoms with E-state index in [1.165, 1.54) is 12.8 Å². The van der Waals surface area contributed by atoms with E-state index < -0.39 is 5.97 Å². The van der Waals surface area contributed by atoms with E-state index in [1.54, 1.807) is 12.4 Å². The van der Waals surface area contributed by atoms with E-state index in [2.05, 4.69) is 20.2 Å². The van der Waals surface area contributed by atoms with Gasteiger partial charge in [0.25, 0.3) is 0 Å². The van der Waals surface area contributed by atoms with Gasteiger partial charge in [0.2, 0.25) is 0 Å². The van der Waals surface area contributed by atoms with Crippen LogP contribution >= 0.6 is 0 Å². The van der Waals surface area contributed by atoms with E-state index in [1.807, 2.05) is 0 Å². The van der Waals surface area contributed by atoms with Crippen molar-refractivity contribution < 1.29 is 9.90 Å². The highest BCUT2D eigenvalue weighted by Gasteiger charge is 2.25. The lowest BCUT2D eigenvalue weighted by Gasteiger charge is -2.30. The number of hydrogen-bond donors (Lipinski definition) is 2. The minimum Gasteiger partial charge on any atom is -0.481 e. The summed E-state index contributed by atoms with van der Waals surface area (Å²) in [6.07, 6.45) is 7.32. The number of anilines is 2. The van der Waals surface area contributed by atoms with E-state index in [0.29, 0.717) is 18.9 Å². The Morgan fingerprint density at radius 1 is 1.21 bits per heavy atom. The van der Waals surface area contributed by atoms with Crippen molar-refractivity contribution in [1.82, 2.24) is 9.97 Å². The van der Waals surface area contributed by atoms with Crippen LogP contribution in [-0.4, -0.2) is 40.2 Å². The molecule has 0 bridgehead atoms. The van der Waals surface area contributed by atoms with Crippen LogP contribution in [0.3, 0.4) is 0 Å². The molecule has 1 saturated carbocycles. The molecule has 2 fully saturated rings. The molecule has 3 rings (SSSR count). The van der Waals surface area contributed by atoms with Crippen LogP contribution in [0.25, 0.3) is 0 Å². The van der Waals surface area contributed by atoms with Gasteiger partial charge in [-0.25, -0.2) is 9.97 Å². The first kappa shape index (κ1) is 12.2. The second-order valence-corrected chi connectivity index (χ2v) is 5.28. The molecule has 0 radical (unpaired) electrons. The Morgan fingerprint density at radius 2 is 1.95 bits per heavy atom. The van der Waals surface area contributed by atoms with Gasteiger partial charge in [-0.2, -0.15) is 0 Å². The van der Waals surface area contributed by atoms with Crippen molar-refractivity contribution in [2.45, 2.75) is 31.7 Å². The maximum Gasteiger partial charge on any atom is 0.306 e. The Labute approximate surface area is 111 Å². The topological polar surface area (TPSA) is 78.3 Å². The zero-order valence-electron chi connectivity index (χ0n) is 10.7. The van der Waals surface area contributed by atoms with Gasteiger partial charge in [-0.1, -0.05) is 0 Å². The van der Waals surface area contributed by atoms with Crippen LogP contribution in [0.15, 0.2) is 12.4 Å². The number of rotatable bonds is 4. The zero-order valence-corrected chi connectivity index (χ0v) is 10.7. The fraction of sp³-hybridized carbons (Fsp3) is 0.615. The molecule has 0 unspecified atom stereocenters. The zero-order chi connectivity index (χ0) is 13.2. The minimum atomic E-state index is -0.685. The van der Waals surface area contributed by atoms with Gasteiger partial charge in [-0.15, -0.1) is 0 Å². The Morgan fingerprint density at radius 3 is 2.47 bits per heavy atom. The van der Waals surface area contributed by atoms with Crippen LogP contribution < -0.4 is 10.2 Å². The summed E-state index contributed by atoms with van der Waals surface area (Å²) < 4.78 is 0. The third kappa shape index (κ3) is 2.94. The van der Waals surface area contributed by atoms with Gasteiger partial charge < -0.3 is 15.3 Å². The van der Waals surface area contributed by atoms with Crippen molar-refractivity contribution in [1.29, 1.82) is 0 Å². The first-order chi connectivity index (χ1) is 9.22. The fourth-order valence-electron chi connectivity index (χ4n) is 2.35. The van der Waals surface area contributed by atoms with E-state index >= 15 is 0 Å². The number of nitrogens with zero attached hydrogens (tertiary/aromatic N) is 3. The van der Waals surface area contributed by atoms with Gasteiger partial charge in [0.15, 0.2) is 0 Å². The summed E-state index contributed by atoms with van der Waals surface area (Å²) in [4.78, 5) is 21.8. The number of carboxylic acids is 1. The fourth-order valence-corrected chi connectivity index (χ4v) is 2.35. The second kappa shape index (κ2) is 5.03. The molecule has 102 valence electrons. The Balaban J connectivity index is 1.58. The van der Waals surface area contributed by atoms with Crippen LogP contribution in [0.1, 0.15) is 25.7 Å². The van der Waals surface area contributed by atoms with Crippen LogP contribution in [0.5, 0.6) is 0 Å². The SMILES string of the molecule is O=C(O)C1CCN(c2cnc(NC3CC3)cn2)CC1. The molecule has 19 heavy (non-hydrogen) atoms. The Bertz CT molecular complexity index is 450. The average Bonchev–Trinajstić information content (AvgIpc) is 3.24. The van der Waals surface area contributed by atoms with Crippen LogP contribution in [0, 0.1) is 5.92 Å². The van der Waals surface area contributed by atoms with Crippen molar-refractivity contribution in [3.63, 3.8) is 0 Å². The normalized spacial score (nSPS) is 20.3. The van der Waals surface area contributed by atoms with Gasteiger partial charge in [-0.05, 0) is 25.7 Å². The number of carboxylic acid groups (broad SMARTS) is 1. The number of carbonyl (C=O) groups is 1. The van der Waals surface area contributed by atoms with E-state index in [0.717, 1.165) is 24.7 Å². The number of aromatic nitrogens is 2.